The first kappa shape index (κ1) is 8.37. The summed E-state index contributed by atoms with van der Waals surface area (Å²) in [7, 11) is 1.68. The summed E-state index contributed by atoms with van der Waals surface area (Å²) >= 11 is 0. The van der Waals surface area contributed by atoms with Crippen LogP contribution in [0, 0.1) is 5.92 Å². The van der Waals surface area contributed by atoms with Crippen molar-refractivity contribution in [1.29, 1.82) is 0 Å². The second-order valence-corrected chi connectivity index (χ2v) is 3.06. The fourth-order valence-electron chi connectivity index (χ4n) is 1.51. The van der Waals surface area contributed by atoms with Crippen molar-refractivity contribution >= 4 is 6.03 Å². The van der Waals surface area contributed by atoms with Crippen LogP contribution in [-0.2, 0) is 0 Å². The van der Waals surface area contributed by atoms with Gasteiger partial charge in [0.1, 0.15) is 0 Å². The van der Waals surface area contributed by atoms with E-state index < -0.39 is 0 Å². The van der Waals surface area contributed by atoms with Gasteiger partial charge in [0.15, 0.2) is 0 Å². The van der Waals surface area contributed by atoms with Gasteiger partial charge in [-0.15, -0.1) is 0 Å². The summed E-state index contributed by atoms with van der Waals surface area (Å²) in [5.74, 6) is 0.729. The molecule has 3 nitrogen and oxygen atoms in total. The number of likely N-dealkylation sites (tertiary alicyclic amines) is 1. The Balaban J connectivity index is 2.35. The third-order valence-corrected chi connectivity index (χ3v) is 2.36. The zero-order valence-electron chi connectivity index (χ0n) is 7.26. The second kappa shape index (κ2) is 3.60. The Morgan fingerprint density at radius 3 is 2.91 bits per heavy atom. The minimum atomic E-state index is 0.0703. The maximum absolute atomic E-state index is 11.1. The number of hydrogen-bond acceptors (Lipinski definition) is 1. The maximum Gasteiger partial charge on any atom is 0.317 e. The van der Waals surface area contributed by atoms with Gasteiger partial charge in [0.25, 0.3) is 0 Å². The molecular formula is C8H16N2O. The average Bonchev–Trinajstić information content (AvgIpc) is 2.50. The number of rotatable bonds is 1. The van der Waals surface area contributed by atoms with E-state index >= 15 is 0 Å². The van der Waals surface area contributed by atoms with Gasteiger partial charge in [-0.2, -0.15) is 0 Å². The van der Waals surface area contributed by atoms with Crippen LogP contribution in [0.15, 0.2) is 0 Å². The largest absolute Gasteiger partial charge is 0.341 e. The highest BCUT2D eigenvalue weighted by Crippen LogP contribution is 2.18. The topological polar surface area (TPSA) is 32.3 Å². The highest BCUT2D eigenvalue weighted by atomic mass is 16.2. The molecule has 1 unspecified atom stereocenters. The van der Waals surface area contributed by atoms with E-state index in [1.165, 1.54) is 12.8 Å². The van der Waals surface area contributed by atoms with Crippen LogP contribution in [0.2, 0.25) is 0 Å². The molecule has 0 radical (unpaired) electrons. The third kappa shape index (κ3) is 1.85. The summed E-state index contributed by atoms with van der Waals surface area (Å²) in [4.78, 5) is 13.0. The Hall–Kier alpha value is -0.730. The van der Waals surface area contributed by atoms with Crippen molar-refractivity contribution in [3.63, 3.8) is 0 Å². The van der Waals surface area contributed by atoms with E-state index in [-0.39, 0.29) is 6.03 Å². The molecule has 1 rings (SSSR count). The lowest BCUT2D eigenvalue weighted by Crippen LogP contribution is -2.36. The molecule has 1 heterocycles. The summed E-state index contributed by atoms with van der Waals surface area (Å²) in [6, 6.07) is 0.0703. The molecule has 0 aromatic heterocycles. The molecule has 1 saturated heterocycles. The summed E-state index contributed by atoms with van der Waals surface area (Å²) in [6.45, 7) is 4.05. The van der Waals surface area contributed by atoms with E-state index in [0.717, 1.165) is 19.0 Å². The molecule has 0 saturated carbocycles. The van der Waals surface area contributed by atoms with E-state index in [4.69, 9.17) is 0 Å². The van der Waals surface area contributed by atoms with Crippen molar-refractivity contribution in [2.45, 2.75) is 19.8 Å². The second-order valence-electron chi connectivity index (χ2n) is 3.06. The minimum Gasteiger partial charge on any atom is -0.341 e. The molecule has 1 atom stereocenters. The number of urea groups is 1. The molecule has 1 fully saturated rings. The lowest BCUT2D eigenvalue weighted by molar-refractivity contribution is 0.209. The third-order valence-electron chi connectivity index (χ3n) is 2.36. The number of hydrogen-bond donors (Lipinski definition) is 1. The molecule has 1 N–H and O–H groups in total. The maximum atomic E-state index is 11.1. The van der Waals surface area contributed by atoms with Crippen LogP contribution < -0.4 is 5.32 Å². The van der Waals surface area contributed by atoms with Gasteiger partial charge >= 0.3 is 6.03 Å². The molecular weight excluding hydrogens is 140 g/mol. The fraction of sp³-hybridized carbons (Fsp3) is 0.875. The SMILES string of the molecule is CCC1CCN(C(=O)NC)C1. The number of carbonyl (C=O) groups is 1. The first-order chi connectivity index (χ1) is 5.27. The molecule has 1 aliphatic rings. The minimum absolute atomic E-state index is 0.0703. The first-order valence-corrected chi connectivity index (χ1v) is 4.24. The van der Waals surface area contributed by atoms with Gasteiger partial charge in [-0.1, -0.05) is 13.3 Å². The fourth-order valence-corrected chi connectivity index (χ4v) is 1.51. The van der Waals surface area contributed by atoms with E-state index in [2.05, 4.69) is 12.2 Å². The number of nitrogens with zero attached hydrogens (tertiary/aromatic N) is 1. The Labute approximate surface area is 67.8 Å². The number of amides is 2. The van der Waals surface area contributed by atoms with E-state index in [0.29, 0.717) is 0 Å². The van der Waals surface area contributed by atoms with Crippen molar-refractivity contribution < 1.29 is 4.79 Å². The van der Waals surface area contributed by atoms with Crippen LogP contribution >= 0.6 is 0 Å². The summed E-state index contributed by atoms with van der Waals surface area (Å²) < 4.78 is 0. The van der Waals surface area contributed by atoms with E-state index in [1.807, 2.05) is 4.90 Å². The molecule has 0 spiro atoms. The van der Waals surface area contributed by atoms with Crippen molar-refractivity contribution in [2.75, 3.05) is 20.1 Å². The van der Waals surface area contributed by atoms with Crippen LogP contribution in [0.3, 0.4) is 0 Å². The van der Waals surface area contributed by atoms with Gasteiger partial charge < -0.3 is 10.2 Å². The normalized spacial score (nSPS) is 23.8. The van der Waals surface area contributed by atoms with Gasteiger partial charge in [0.05, 0.1) is 0 Å². The van der Waals surface area contributed by atoms with Gasteiger partial charge in [-0.3, -0.25) is 0 Å². The molecule has 0 bridgehead atoms. The van der Waals surface area contributed by atoms with Crippen molar-refractivity contribution in [2.24, 2.45) is 5.92 Å². The zero-order chi connectivity index (χ0) is 8.27. The Kier molecular flexibility index (Phi) is 2.74. The molecule has 0 aromatic rings. The van der Waals surface area contributed by atoms with Gasteiger partial charge in [-0.25, -0.2) is 4.79 Å². The van der Waals surface area contributed by atoms with Gasteiger partial charge in [0.2, 0.25) is 0 Å². The molecule has 3 heteroatoms. The van der Waals surface area contributed by atoms with Crippen LogP contribution in [0.1, 0.15) is 19.8 Å². The molecule has 0 aliphatic carbocycles. The quantitative estimate of drug-likeness (QED) is 0.605. The first-order valence-electron chi connectivity index (χ1n) is 4.24. The average molecular weight is 156 g/mol. The highest BCUT2D eigenvalue weighted by molar-refractivity contribution is 5.74. The molecule has 11 heavy (non-hydrogen) atoms. The molecule has 2 amide bonds. The standard InChI is InChI=1S/C8H16N2O/c1-3-7-4-5-10(6-7)8(11)9-2/h7H,3-6H2,1-2H3,(H,9,11). The van der Waals surface area contributed by atoms with Crippen LogP contribution in [0.4, 0.5) is 4.79 Å². The van der Waals surface area contributed by atoms with Crippen molar-refractivity contribution in [1.82, 2.24) is 10.2 Å². The van der Waals surface area contributed by atoms with Crippen LogP contribution in [-0.4, -0.2) is 31.1 Å². The number of carbonyl (C=O) groups excluding carboxylic acids is 1. The summed E-state index contributed by atoms with van der Waals surface area (Å²) in [6.07, 6.45) is 2.36. The lowest BCUT2D eigenvalue weighted by atomic mass is 10.1. The van der Waals surface area contributed by atoms with Gasteiger partial charge in [0, 0.05) is 20.1 Å². The lowest BCUT2D eigenvalue weighted by Gasteiger charge is -2.14. The Morgan fingerprint density at radius 1 is 1.73 bits per heavy atom. The van der Waals surface area contributed by atoms with Crippen LogP contribution in [0.5, 0.6) is 0 Å². The highest BCUT2D eigenvalue weighted by Gasteiger charge is 2.23. The summed E-state index contributed by atoms with van der Waals surface area (Å²) in [5, 5.41) is 2.64. The Bertz CT molecular complexity index is 147. The smallest absolute Gasteiger partial charge is 0.317 e. The predicted molar refractivity (Wildman–Crippen MR) is 44.4 cm³/mol. The van der Waals surface area contributed by atoms with Crippen molar-refractivity contribution in [3.8, 4) is 0 Å². The van der Waals surface area contributed by atoms with E-state index in [9.17, 15) is 4.79 Å². The van der Waals surface area contributed by atoms with E-state index in [1.54, 1.807) is 7.05 Å². The number of nitrogens with one attached hydrogen (secondary N) is 1. The molecule has 1 aliphatic heterocycles. The molecule has 64 valence electrons. The predicted octanol–water partition coefficient (Wildman–Crippen LogP) is 1.06. The van der Waals surface area contributed by atoms with Gasteiger partial charge in [-0.05, 0) is 12.3 Å². The van der Waals surface area contributed by atoms with Crippen molar-refractivity contribution in [3.05, 3.63) is 0 Å². The molecule has 0 aromatic carbocycles. The zero-order valence-corrected chi connectivity index (χ0v) is 7.26. The monoisotopic (exact) mass is 156 g/mol. The van der Waals surface area contributed by atoms with Crippen LogP contribution in [0.25, 0.3) is 0 Å². The Morgan fingerprint density at radius 2 is 2.45 bits per heavy atom. The summed E-state index contributed by atoms with van der Waals surface area (Å²) in [5.41, 5.74) is 0.